The molecule has 12 heavy (non-hydrogen) atoms. The molecule has 0 aliphatic carbocycles. The highest BCUT2D eigenvalue weighted by atomic mass is 79.9. The SMILES string of the molecule is Fc1cnc2c(Br)c[c]cc2c1. The third-order valence-corrected chi connectivity index (χ3v) is 2.16. The Bertz CT molecular complexity index is 428. The van der Waals surface area contributed by atoms with Gasteiger partial charge in [-0.25, -0.2) is 4.39 Å². The van der Waals surface area contributed by atoms with Gasteiger partial charge in [-0.2, -0.15) is 0 Å². The fourth-order valence-corrected chi connectivity index (χ4v) is 1.50. The lowest BCUT2D eigenvalue weighted by Gasteiger charge is -1.97. The summed E-state index contributed by atoms with van der Waals surface area (Å²) in [5, 5.41) is 0.754. The number of halogens is 2. The number of benzene rings is 1. The van der Waals surface area contributed by atoms with Crippen molar-refractivity contribution in [1.29, 1.82) is 0 Å². The molecule has 0 aliphatic heterocycles. The third kappa shape index (κ3) is 1.20. The Balaban J connectivity index is 2.86. The molecule has 3 heteroatoms. The van der Waals surface area contributed by atoms with Crippen LogP contribution in [0.4, 0.5) is 4.39 Å². The molecule has 0 N–H and O–H groups in total. The molecule has 0 saturated carbocycles. The van der Waals surface area contributed by atoms with Gasteiger partial charge in [0.2, 0.25) is 0 Å². The van der Waals surface area contributed by atoms with E-state index in [1.54, 1.807) is 12.1 Å². The van der Waals surface area contributed by atoms with Crippen molar-refractivity contribution in [1.82, 2.24) is 4.98 Å². The quantitative estimate of drug-likeness (QED) is 0.671. The van der Waals surface area contributed by atoms with Gasteiger partial charge in [0.25, 0.3) is 0 Å². The van der Waals surface area contributed by atoms with Crippen molar-refractivity contribution >= 4 is 26.8 Å². The van der Waals surface area contributed by atoms with Crippen molar-refractivity contribution < 1.29 is 4.39 Å². The van der Waals surface area contributed by atoms with Crippen molar-refractivity contribution in [2.45, 2.75) is 0 Å². The normalized spacial score (nSPS) is 10.5. The topological polar surface area (TPSA) is 12.9 Å². The summed E-state index contributed by atoms with van der Waals surface area (Å²) in [4.78, 5) is 3.94. The van der Waals surface area contributed by atoms with Gasteiger partial charge in [-0.15, -0.1) is 0 Å². The van der Waals surface area contributed by atoms with E-state index in [-0.39, 0.29) is 5.82 Å². The Morgan fingerprint density at radius 2 is 2.25 bits per heavy atom. The molecule has 0 aliphatic rings. The largest absolute Gasteiger partial charge is 0.252 e. The lowest BCUT2D eigenvalue weighted by Crippen LogP contribution is -1.82. The lowest BCUT2D eigenvalue weighted by atomic mass is 10.2. The van der Waals surface area contributed by atoms with Crippen LogP contribution >= 0.6 is 15.9 Å². The van der Waals surface area contributed by atoms with Crippen LogP contribution < -0.4 is 0 Å². The van der Waals surface area contributed by atoms with Crippen LogP contribution in [0.15, 0.2) is 28.9 Å². The van der Waals surface area contributed by atoms with Crippen LogP contribution in [0.25, 0.3) is 10.9 Å². The minimum atomic E-state index is -0.325. The molecule has 1 nitrogen and oxygen atoms in total. The maximum absolute atomic E-state index is 12.7. The van der Waals surface area contributed by atoms with Crippen molar-refractivity contribution in [3.63, 3.8) is 0 Å². The molecule has 0 atom stereocenters. The number of hydrogen-bond donors (Lipinski definition) is 0. The smallest absolute Gasteiger partial charge is 0.142 e. The molecule has 1 aromatic carbocycles. The summed E-state index contributed by atoms with van der Waals surface area (Å²) < 4.78 is 13.5. The van der Waals surface area contributed by atoms with Crippen LogP contribution in [0.5, 0.6) is 0 Å². The molecular formula is C9H4BrFN. The summed E-state index contributed by atoms with van der Waals surface area (Å²) in [5.41, 5.74) is 0.759. The number of aromatic nitrogens is 1. The predicted octanol–water partition coefficient (Wildman–Crippen LogP) is 2.94. The van der Waals surface area contributed by atoms with E-state index in [0.29, 0.717) is 0 Å². The highest BCUT2D eigenvalue weighted by Gasteiger charge is 1.99. The van der Waals surface area contributed by atoms with Gasteiger partial charge in [-0.1, -0.05) is 0 Å². The number of fused-ring (bicyclic) bond motifs is 1. The summed E-state index contributed by atoms with van der Waals surface area (Å²) in [7, 11) is 0. The first-order valence-electron chi connectivity index (χ1n) is 3.38. The Labute approximate surface area is 77.4 Å². The fraction of sp³-hybridized carbons (Fsp3) is 0. The van der Waals surface area contributed by atoms with E-state index in [9.17, 15) is 4.39 Å². The monoisotopic (exact) mass is 224 g/mol. The van der Waals surface area contributed by atoms with E-state index >= 15 is 0 Å². The Morgan fingerprint density at radius 1 is 1.42 bits per heavy atom. The standard InChI is InChI=1S/C9H4BrFN/c10-8-3-1-2-6-4-7(11)5-12-9(6)8/h2-5H. The predicted molar refractivity (Wildman–Crippen MR) is 48.2 cm³/mol. The first-order chi connectivity index (χ1) is 5.77. The second kappa shape index (κ2) is 2.83. The number of hydrogen-bond acceptors (Lipinski definition) is 1. The minimum absolute atomic E-state index is 0.325. The summed E-state index contributed by atoms with van der Waals surface area (Å²) in [6.07, 6.45) is 1.20. The molecule has 0 unspecified atom stereocenters. The molecule has 2 rings (SSSR count). The van der Waals surface area contributed by atoms with Gasteiger partial charge in [-0.05, 0) is 40.2 Å². The van der Waals surface area contributed by atoms with Crippen molar-refractivity contribution in [2.75, 3.05) is 0 Å². The average Bonchev–Trinajstić information content (AvgIpc) is 2.04. The van der Waals surface area contributed by atoms with E-state index < -0.39 is 0 Å². The van der Waals surface area contributed by atoms with E-state index in [4.69, 9.17) is 0 Å². The van der Waals surface area contributed by atoms with Crippen LogP contribution in [0.1, 0.15) is 0 Å². The van der Waals surface area contributed by atoms with Crippen molar-refractivity contribution in [3.8, 4) is 0 Å². The van der Waals surface area contributed by atoms with Crippen LogP contribution in [0.2, 0.25) is 0 Å². The molecule has 1 heterocycles. The second-order valence-electron chi connectivity index (χ2n) is 2.39. The van der Waals surface area contributed by atoms with Gasteiger partial charge in [0.05, 0.1) is 11.7 Å². The van der Waals surface area contributed by atoms with Crippen LogP contribution in [-0.2, 0) is 0 Å². The molecule has 59 valence electrons. The van der Waals surface area contributed by atoms with Crippen LogP contribution in [-0.4, -0.2) is 4.98 Å². The first-order valence-corrected chi connectivity index (χ1v) is 4.17. The zero-order valence-electron chi connectivity index (χ0n) is 6.01. The lowest BCUT2D eigenvalue weighted by molar-refractivity contribution is 0.624. The third-order valence-electron chi connectivity index (χ3n) is 1.56. The van der Waals surface area contributed by atoms with E-state index in [2.05, 4.69) is 27.0 Å². The zero-order valence-corrected chi connectivity index (χ0v) is 7.60. The summed E-state index contributed by atoms with van der Waals surface area (Å²) in [6, 6.07) is 7.77. The van der Waals surface area contributed by atoms with Gasteiger partial charge < -0.3 is 0 Å². The van der Waals surface area contributed by atoms with E-state index in [1.165, 1.54) is 12.3 Å². The molecule has 2 aromatic rings. The fourth-order valence-electron chi connectivity index (χ4n) is 1.04. The Hall–Kier alpha value is -0.960. The molecule has 0 amide bonds. The molecule has 0 spiro atoms. The van der Waals surface area contributed by atoms with Gasteiger partial charge in [-0.3, -0.25) is 4.98 Å². The Morgan fingerprint density at radius 3 is 3.08 bits per heavy atom. The van der Waals surface area contributed by atoms with Crippen molar-refractivity contribution in [3.05, 3.63) is 40.8 Å². The second-order valence-corrected chi connectivity index (χ2v) is 3.25. The molecular weight excluding hydrogens is 221 g/mol. The minimum Gasteiger partial charge on any atom is -0.252 e. The van der Waals surface area contributed by atoms with Crippen molar-refractivity contribution in [2.24, 2.45) is 0 Å². The number of rotatable bonds is 0. The maximum atomic E-state index is 12.7. The number of nitrogens with zero attached hydrogens (tertiary/aromatic N) is 1. The van der Waals surface area contributed by atoms with E-state index in [1.807, 2.05) is 0 Å². The van der Waals surface area contributed by atoms with Gasteiger partial charge in [0.1, 0.15) is 5.82 Å². The maximum Gasteiger partial charge on any atom is 0.142 e. The highest BCUT2D eigenvalue weighted by molar-refractivity contribution is 9.10. The highest BCUT2D eigenvalue weighted by Crippen LogP contribution is 2.21. The van der Waals surface area contributed by atoms with E-state index in [0.717, 1.165) is 15.4 Å². The molecule has 1 radical (unpaired) electrons. The van der Waals surface area contributed by atoms with Crippen LogP contribution in [0.3, 0.4) is 0 Å². The van der Waals surface area contributed by atoms with Gasteiger partial charge in [0, 0.05) is 9.86 Å². The average molecular weight is 225 g/mol. The number of pyridine rings is 1. The molecule has 0 saturated heterocycles. The zero-order chi connectivity index (χ0) is 8.55. The molecule has 0 bridgehead atoms. The van der Waals surface area contributed by atoms with Gasteiger partial charge in [0.15, 0.2) is 0 Å². The molecule has 0 fully saturated rings. The summed E-state index contributed by atoms with van der Waals surface area (Å²) in [6.45, 7) is 0. The Kier molecular flexibility index (Phi) is 1.81. The summed E-state index contributed by atoms with van der Waals surface area (Å²) >= 11 is 3.31. The van der Waals surface area contributed by atoms with Gasteiger partial charge >= 0.3 is 0 Å². The first kappa shape index (κ1) is 7.68. The molecule has 1 aromatic heterocycles. The summed E-state index contributed by atoms with van der Waals surface area (Å²) in [5.74, 6) is -0.325. The van der Waals surface area contributed by atoms with Crippen LogP contribution in [0, 0.1) is 11.9 Å².